The Balaban J connectivity index is 1.72. The molecule has 7 nitrogen and oxygen atoms in total. The number of fused-ring (bicyclic) bond motifs is 1. The van der Waals surface area contributed by atoms with E-state index in [4.69, 9.17) is 14.8 Å². The Morgan fingerprint density at radius 3 is 2.74 bits per heavy atom. The average molecular weight is 419 g/mol. The first kappa shape index (κ1) is 20.8. The summed E-state index contributed by atoms with van der Waals surface area (Å²) in [6, 6.07) is 14.3. The minimum atomic E-state index is -1.04. The van der Waals surface area contributed by atoms with Gasteiger partial charge in [-0.25, -0.2) is 9.78 Å². The van der Waals surface area contributed by atoms with Gasteiger partial charge in [-0.2, -0.15) is 9.78 Å². The van der Waals surface area contributed by atoms with E-state index in [0.717, 1.165) is 25.7 Å². The molecule has 0 spiro atoms. The van der Waals surface area contributed by atoms with Gasteiger partial charge >= 0.3 is 5.97 Å². The molecular weight excluding hydrogens is 394 g/mol. The lowest BCUT2D eigenvalue weighted by molar-refractivity contribution is -0.144. The van der Waals surface area contributed by atoms with Gasteiger partial charge in [0.25, 0.3) is 5.56 Å². The van der Waals surface area contributed by atoms with Crippen LogP contribution in [0.2, 0.25) is 0 Å². The molecule has 1 atom stereocenters. The largest absolute Gasteiger partial charge is 0.479 e. The molecule has 0 radical (unpaired) electrons. The molecule has 7 heteroatoms. The van der Waals surface area contributed by atoms with Crippen LogP contribution in [0.3, 0.4) is 0 Å². The number of hydrogen-bond donors (Lipinski definition) is 1. The summed E-state index contributed by atoms with van der Waals surface area (Å²) in [5.74, 6) is 0.293. The van der Waals surface area contributed by atoms with Crippen LogP contribution >= 0.6 is 0 Å². The second-order valence-corrected chi connectivity index (χ2v) is 7.85. The van der Waals surface area contributed by atoms with Crippen LogP contribution in [-0.4, -0.2) is 33.1 Å². The number of benzene rings is 2. The summed E-state index contributed by atoms with van der Waals surface area (Å²) < 4.78 is 6.85. The van der Waals surface area contributed by atoms with Crippen LogP contribution in [0.25, 0.3) is 10.9 Å². The number of ether oxygens (including phenoxy) is 1. The van der Waals surface area contributed by atoms with E-state index < -0.39 is 12.1 Å². The molecule has 1 N–H and O–H groups in total. The molecule has 160 valence electrons. The molecule has 1 fully saturated rings. The van der Waals surface area contributed by atoms with Gasteiger partial charge in [0.1, 0.15) is 11.6 Å². The van der Waals surface area contributed by atoms with Crippen LogP contribution in [0.1, 0.15) is 56.3 Å². The van der Waals surface area contributed by atoms with Crippen LogP contribution in [-0.2, 0) is 4.79 Å². The van der Waals surface area contributed by atoms with Crippen LogP contribution in [0.5, 0.6) is 5.75 Å². The van der Waals surface area contributed by atoms with Gasteiger partial charge in [0.2, 0.25) is 0 Å². The standard InChI is InChI=1S/C24H25N3O4/c1-16(24(29)30)31-19-11-7-8-17(14-19)15-25-27-22(18-9-3-2-4-10-18)26-21-13-6-5-12-20(21)23(27)28/h5-8,11-16,18H,2-4,9-10H2,1H3,(H,29,30)/t16-/m0/s1. The summed E-state index contributed by atoms with van der Waals surface area (Å²) in [6.45, 7) is 1.47. The Morgan fingerprint density at radius 2 is 1.97 bits per heavy atom. The smallest absolute Gasteiger partial charge is 0.344 e. The number of hydrogen-bond acceptors (Lipinski definition) is 5. The molecule has 1 saturated carbocycles. The van der Waals surface area contributed by atoms with E-state index in [1.807, 2.05) is 24.3 Å². The fourth-order valence-electron chi connectivity index (χ4n) is 3.92. The summed E-state index contributed by atoms with van der Waals surface area (Å²) in [7, 11) is 0. The van der Waals surface area contributed by atoms with Gasteiger partial charge in [0, 0.05) is 5.92 Å². The number of aromatic nitrogens is 2. The SMILES string of the molecule is C[C@H](Oc1cccc(C=Nn2c(C3CCCCC3)nc3ccccc3c2=O)c1)C(=O)O. The van der Waals surface area contributed by atoms with Crippen molar-refractivity contribution in [2.45, 2.75) is 51.0 Å². The van der Waals surface area contributed by atoms with Crippen LogP contribution in [0.15, 0.2) is 58.4 Å². The second-order valence-electron chi connectivity index (χ2n) is 7.85. The van der Waals surface area contributed by atoms with Gasteiger partial charge in [-0.15, -0.1) is 0 Å². The van der Waals surface area contributed by atoms with Crippen molar-refractivity contribution in [3.8, 4) is 5.75 Å². The molecule has 0 bridgehead atoms. The van der Waals surface area contributed by atoms with Crippen molar-refractivity contribution in [3.05, 3.63) is 70.3 Å². The Morgan fingerprint density at radius 1 is 1.19 bits per heavy atom. The van der Waals surface area contributed by atoms with Crippen molar-refractivity contribution in [2.24, 2.45) is 5.10 Å². The summed E-state index contributed by atoms with van der Waals surface area (Å²) in [4.78, 5) is 29.1. The molecule has 4 rings (SSSR count). The maximum absolute atomic E-state index is 13.2. The molecule has 1 heterocycles. The van der Waals surface area contributed by atoms with E-state index in [9.17, 15) is 9.59 Å². The van der Waals surface area contributed by atoms with E-state index in [0.29, 0.717) is 28.0 Å². The van der Waals surface area contributed by atoms with Crippen LogP contribution in [0.4, 0.5) is 0 Å². The molecule has 1 aromatic heterocycles. The zero-order valence-corrected chi connectivity index (χ0v) is 17.4. The van der Waals surface area contributed by atoms with E-state index in [1.54, 1.807) is 30.5 Å². The minimum absolute atomic E-state index is 0.186. The predicted molar refractivity (Wildman–Crippen MR) is 119 cm³/mol. The summed E-state index contributed by atoms with van der Waals surface area (Å²) >= 11 is 0. The monoisotopic (exact) mass is 419 g/mol. The zero-order valence-electron chi connectivity index (χ0n) is 17.4. The number of carbonyl (C=O) groups is 1. The van der Waals surface area contributed by atoms with Crippen molar-refractivity contribution in [1.82, 2.24) is 9.66 Å². The third-order valence-electron chi connectivity index (χ3n) is 5.59. The van der Waals surface area contributed by atoms with Crippen molar-refractivity contribution < 1.29 is 14.6 Å². The third-order valence-corrected chi connectivity index (χ3v) is 5.59. The highest BCUT2D eigenvalue weighted by Gasteiger charge is 2.22. The van der Waals surface area contributed by atoms with Crippen molar-refractivity contribution in [1.29, 1.82) is 0 Å². The first-order valence-electron chi connectivity index (χ1n) is 10.6. The quantitative estimate of drug-likeness (QED) is 0.605. The number of nitrogens with zero attached hydrogens (tertiary/aromatic N) is 3. The first-order valence-corrected chi connectivity index (χ1v) is 10.6. The Kier molecular flexibility index (Phi) is 6.11. The topological polar surface area (TPSA) is 93.8 Å². The fourth-order valence-corrected chi connectivity index (χ4v) is 3.92. The molecule has 1 aliphatic carbocycles. The molecule has 0 unspecified atom stereocenters. The van der Waals surface area contributed by atoms with Gasteiger partial charge in [0.05, 0.1) is 17.1 Å². The zero-order chi connectivity index (χ0) is 21.8. The third kappa shape index (κ3) is 4.66. The lowest BCUT2D eigenvalue weighted by Gasteiger charge is -2.22. The van der Waals surface area contributed by atoms with E-state index in [2.05, 4.69) is 5.10 Å². The lowest BCUT2D eigenvalue weighted by atomic mass is 9.88. The summed E-state index contributed by atoms with van der Waals surface area (Å²) in [6.07, 6.45) is 6.07. The molecular formula is C24H25N3O4. The lowest BCUT2D eigenvalue weighted by Crippen LogP contribution is -2.25. The predicted octanol–water partition coefficient (Wildman–Crippen LogP) is 4.18. The Labute approximate surface area is 180 Å². The molecule has 1 aliphatic rings. The number of carboxylic acids is 1. The van der Waals surface area contributed by atoms with Gasteiger partial charge in [-0.05, 0) is 49.6 Å². The highest BCUT2D eigenvalue weighted by molar-refractivity contribution is 5.81. The molecule has 0 saturated heterocycles. The van der Waals surface area contributed by atoms with E-state index in [1.165, 1.54) is 18.0 Å². The van der Waals surface area contributed by atoms with Crippen LogP contribution < -0.4 is 10.3 Å². The first-order chi connectivity index (χ1) is 15.0. The molecule has 0 amide bonds. The van der Waals surface area contributed by atoms with E-state index in [-0.39, 0.29) is 11.5 Å². The van der Waals surface area contributed by atoms with Gasteiger partial charge < -0.3 is 9.84 Å². The second kappa shape index (κ2) is 9.12. The minimum Gasteiger partial charge on any atom is -0.479 e. The number of rotatable bonds is 6. The van der Waals surface area contributed by atoms with Gasteiger partial charge in [-0.3, -0.25) is 4.79 Å². The molecule has 0 aliphatic heterocycles. The van der Waals surface area contributed by atoms with Gasteiger partial charge in [0.15, 0.2) is 6.10 Å². The number of para-hydroxylation sites is 1. The average Bonchev–Trinajstić information content (AvgIpc) is 2.79. The molecule has 3 aromatic rings. The summed E-state index contributed by atoms with van der Waals surface area (Å²) in [5.41, 5.74) is 1.21. The normalized spacial score (nSPS) is 15.9. The van der Waals surface area contributed by atoms with Crippen molar-refractivity contribution in [2.75, 3.05) is 0 Å². The van der Waals surface area contributed by atoms with Gasteiger partial charge in [-0.1, -0.05) is 43.5 Å². The maximum atomic E-state index is 13.2. The highest BCUT2D eigenvalue weighted by Crippen LogP contribution is 2.31. The Hall–Kier alpha value is -3.48. The maximum Gasteiger partial charge on any atom is 0.344 e. The summed E-state index contributed by atoms with van der Waals surface area (Å²) in [5, 5.41) is 14.1. The van der Waals surface area contributed by atoms with E-state index >= 15 is 0 Å². The Bertz CT molecular complexity index is 1180. The fraction of sp³-hybridized carbons (Fsp3) is 0.333. The highest BCUT2D eigenvalue weighted by atomic mass is 16.5. The number of aliphatic carboxylic acids is 1. The number of carboxylic acid groups (broad SMARTS) is 1. The molecule has 31 heavy (non-hydrogen) atoms. The molecule has 2 aromatic carbocycles. The van der Waals surface area contributed by atoms with Crippen LogP contribution in [0, 0.1) is 0 Å². The van der Waals surface area contributed by atoms with Crippen molar-refractivity contribution in [3.63, 3.8) is 0 Å². The van der Waals surface area contributed by atoms with Crippen molar-refractivity contribution >= 4 is 23.1 Å².